The van der Waals surface area contributed by atoms with Gasteiger partial charge in [0.1, 0.15) is 10.7 Å². The van der Waals surface area contributed by atoms with Gasteiger partial charge in [-0.05, 0) is 37.0 Å². The third kappa shape index (κ3) is 3.39. The highest BCUT2D eigenvalue weighted by Crippen LogP contribution is 2.31. The van der Waals surface area contributed by atoms with Crippen molar-refractivity contribution in [3.05, 3.63) is 29.0 Å². The van der Waals surface area contributed by atoms with Gasteiger partial charge in [0, 0.05) is 24.2 Å². The van der Waals surface area contributed by atoms with E-state index in [9.17, 15) is 12.8 Å². The highest BCUT2D eigenvalue weighted by atomic mass is 35.5. The fraction of sp³-hybridized carbons (Fsp3) is 0.571. The molecule has 21 heavy (non-hydrogen) atoms. The van der Waals surface area contributed by atoms with Crippen LogP contribution in [-0.4, -0.2) is 31.9 Å². The predicted octanol–water partition coefficient (Wildman–Crippen LogP) is 2.62. The van der Waals surface area contributed by atoms with E-state index in [1.807, 2.05) is 0 Å². The Morgan fingerprint density at radius 3 is 2.76 bits per heavy atom. The molecule has 1 aromatic rings. The van der Waals surface area contributed by atoms with Crippen molar-refractivity contribution < 1.29 is 12.8 Å². The van der Waals surface area contributed by atoms with Gasteiger partial charge < -0.3 is 5.73 Å². The third-order valence-electron chi connectivity index (χ3n) is 4.10. The first kappa shape index (κ1) is 16.7. The minimum Gasteiger partial charge on any atom is -0.329 e. The number of sulfonamides is 1. The van der Waals surface area contributed by atoms with Crippen LogP contribution >= 0.6 is 11.6 Å². The average molecular weight is 335 g/mol. The van der Waals surface area contributed by atoms with E-state index < -0.39 is 15.8 Å². The van der Waals surface area contributed by atoms with Crippen LogP contribution in [-0.2, 0) is 10.0 Å². The molecule has 1 heterocycles. The number of halogens is 2. The summed E-state index contributed by atoms with van der Waals surface area (Å²) in [5.74, 6) is -0.351. The molecule has 1 aliphatic rings. The molecule has 118 valence electrons. The van der Waals surface area contributed by atoms with Crippen molar-refractivity contribution in [2.24, 2.45) is 11.7 Å². The number of rotatable bonds is 4. The molecular weight excluding hydrogens is 315 g/mol. The zero-order valence-electron chi connectivity index (χ0n) is 11.9. The molecule has 0 saturated carbocycles. The Bertz CT molecular complexity index is 609. The first-order valence-corrected chi connectivity index (χ1v) is 8.89. The molecule has 7 heteroatoms. The van der Waals surface area contributed by atoms with Gasteiger partial charge in [-0.15, -0.1) is 0 Å². The van der Waals surface area contributed by atoms with Gasteiger partial charge in [0.2, 0.25) is 10.0 Å². The molecule has 0 aliphatic carbocycles. The number of nitrogens with zero attached hydrogens (tertiary/aromatic N) is 1. The van der Waals surface area contributed by atoms with E-state index in [0.29, 0.717) is 12.5 Å². The van der Waals surface area contributed by atoms with E-state index in [-0.39, 0.29) is 22.5 Å². The number of hydrogen-bond donors (Lipinski definition) is 1. The van der Waals surface area contributed by atoms with E-state index in [1.165, 1.54) is 16.4 Å². The van der Waals surface area contributed by atoms with Gasteiger partial charge in [-0.2, -0.15) is 4.31 Å². The lowest BCUT2D eigenvalue weighted by atomic mass is 9.90. The van der Waals surface area contributed by atoms with E-state index in [0.717, 1.165) is 25.3 Å². The second kappa shape index (κ2) is 6.60. The van der Waals surface area contributed by atoms with E-state index in [1.54, 1.807) is 0 Å². The van der Waals surface area contributed by atoms with Gasteiger partial charge in [0.15, 0.2) is 0 Å². The molecule has 0 bridgehead atoms. The summed E-state index contributed by atoms with van der Waals surface area (Å²) in [5.41, 5.74) is 5.73. The van der Waals surface area contributed by atoms with Gasteiger partial charge in [0.25, 0.3) is 0 Å². The van der Waals surface area contributed by atoms with Crippen LogP contribution in [0.2, 0.25) is 5.02 Å². The largest absolute Gasteiger partial charge is 0.329 e. The summed E-state index contributed by atoms with van der Waals surface area (Å²) in [7, 11) is -3.88. The lowest BCUT2D eigenvalue weighted by Gasteiger charge is -2.37. The van der Waals surface area contributed by atoms with Gasteiger partial charge in [-0.1, -0.05) is 24.9 Å². The fourth-order valence-electron chi connectivity index (χ4n) is 2.82. The second-order valence-electron chi connectivity index (χ2n) is 5.38. The standard InChI is InChI=1S/C14H20ClFN2O2S/c1-2-10-5-6-18(12(7-10)9-17)21(19,20)14-4-3-11(15)8-13(14)16/h3-4,8,10,12H,2,5-7,9,17H2,1H3. The molecule has 1 aliphatic heterocycles. The Morgan fingerprint density at radius 2 is 2.19 bits per heavy atom. The lowest BCUT2D eigenvalue weighted by Crippen LogP contribution is -2.49. The van der Waals surface area contributed by atoms with Gasteiger partial charge >= 0.3 is 0 Å². The van der Waals surface area contributed by atoms with E-state index >= 15 is 0 Å². The summed E-state index contributed by atoms with van der Waals surface area (Å²) in [5, 5.41) is 0.173. The third-order valence-corrected chi connectivity index (χ3v) is 6.32. The topological polar surface area (TPSA) is 63.4 Å². The lowest BCUT2D eigenvalue weighted by molar-refractivity contribution is 0.197. The molecule has 2 rings (SSSR count). The number of benzene rings is 1. The van der Waals surface area contributed by atoms with E-state index in [4.69, 9.17) is 17.3 Å². The van der Waals surface area contributed by atoms with Crippen molar-refractivity contribution in [3.8, 4) is 0 Å². The van der Waals surface area contributed by atoms with Crippen molar-refractivity contribution in [2.45, 2.75) is 37.1 Å². The Balaban J connectivity index is 2.34. The summed E-state index contributed by atoms with van der Waals surface area (Å²) in [4.78, 5) is -0.333. The van der Waals surface area contributed by atoms with Crippen LogP contribution in [0.4, 0.5) is 4.39 Å². The average Bonchev–Trinajstić information content (AvgIpc) is 2.46. The van der Waals surface area contributed by atoms with Crippen LogP contribution in [0.15, 0.2) is 23.1 Å². The van der Waals surface area contributed by atoms with Crippen LogP contribution in [0.3, 0.4) is 0 Å². The molecule has 2 N–H and O–H groups in total. The molecule has 4 nitrogen and oxygen atoms in total. The highest BCUT2D eigenvalue weighted by Gasteiger charge is 2.36. The number of hydrogen-bond acceptors (Lipinski definition) is 3. The Hall–Kier alpha value is -0.690. The minimum atomic E-state index is -3.88. The molecule has 2 atom stereocenters. The molecule has 2 unspecified atom stereocenters. The molecule has 0 amide bonds. The molecule has 1 aromatic carbocycles. The monoisotopic (exact) mass is 334 g/mol. The summed E-state index contributed by atoms with van der Waals surface area (Å²) < 4.78 is 40.6. The molecule has 1 fully saturated rings. The molecule has 0 aromatic heterocycles. The maximum Gasteiger partial charge on any atom is 0.246 e. The maximum absolute atomic E-state index is 14.0. The SMILES string of the molecule is CCC1CCN(S(=O)(=O)c2ccc(Cl)cc2F)C(CN)C1. The maximum atomic E-state index is 14.0. The van der Waals surface area contributed by atoms with Crippen LogP contribution in [0.25, 0.3) is 0 Å². The minimum absolute atomic E-state index is 0.173. The molecule has 1 saturated heterocycles. The molecule has 0 radical (unpaired) electrons. The quantitative estimate of drug-likeness (QED) is 0.920. The molecule has 0 spiro atoms. The smallest absolute Gasteiger partial charge is 0.246 e. The van der Waals surface area contributed by atoms with Crippen LogP contribution < -0.4 is 5.73 Å². The Morgan fingerprint density at radius 1 is 1.48 bits per heavy atom. The van der Waals surface area contributed by atoms with Crippen molar-refractivity contribution in [2.75, 3.05) is 13.1 Å². The Kier molecular flexibility index (Phi) is 5.24. The zero-order valence-corrected chi connectivity index (χ0v) is 13.5. The van der Waals surface area contributed by atoms with Gasteiger partial charge in [-0.3, -0.25) is 0 Å². The van der Waals surface area contributed by atoms with Crippen molar-refractivity contribution >= 4 is 21.6 Å². The summed E-state index contributed by atoms with van der Waals surface area (Å²) >= 11 is 5.68. The van der Waals surface area contributed by atoms with Crippen molar-refractivity contribution in [1.29, 1.82) is 0 Å². The highest BCUT2D eigenvalue weighted by molar-refractivity contribution is 7.89. The van der Waals surface area contributed by atoms with Crippen LogP contribution in [0.1, 0.15) is 26.2 Å². The fourth-order valence-corrected chi connectivity index (χ4v) is 4.69. The summed E-state index contributed by atoms with van der Waals surface area (Å²) in [6.07, 6.45) is 2.50. The first-order chi connectivity index (χ1) is 9.90. The zero-order chi connectivity index (χ0) is 15.6. The van der Waals surface area contributed by atoms with Crippen LogP contribution in [0, 0.1) is 11.7 Å². The number of piperidine rings is 1. The first-order valence-electron chi connectivity index (χ1n) is 7.07. The van der Waals surface area contributed by atoms with Crippen molar-refractivity contribution in [3.63, 3.8) is 0 Å². The normalized spacial score (nSPS) is 24.2. The predicted molar refractivity (Wildman–Crippen MR) is 81.2 cm³/mol. The number of nitrogens with two attached hydrogens (primary N) is 1. The Labute approximate surface area is 130 Å². The van der Waals surface area contributed by atoms with Gasteiger partial charge in [-0.25, -0.2) is 12.8 Å². The summed E-state index contributed by atoms with van der Waals surface area (Å²) in [6, 6.07) is 3.34. The molecular formula is C14H20ClFN2O2S. The van der Waals surface area contributed by atoms with E-state index in [2.05, 4.69) is 6.92 Å². The summed E-state index contributed by atoms with van der Waals surface area (Å²) in [6.45, 7) is 2.71. The van der Waals surface area contributed by atoms with Crippen molar-refractivity contribution in [1.82, 2.24) is 4.31 Å². The van der Waals surface area contributed by atoms with Crippen LogP contribution in [0.5, 0.6) is 0 Å². The second-order valence-corrected chi connectivity index (χ2v) is 7.67. The van der Waals surface area contributed by atoms with Gasteiger partial charge in [0.05, 0.1) is 0 Å².